The average Bonchev–Trinajstić information content (AvgIpc) is 2.27. The zero-order valence-corrected chi connectivity index (χ0v) is 11.4. The van der Waals surface area contributed by atoms with Crippen LogP contribution in [0.25, 0.3) is 0 Å². The van der Waals surface area contributed by atoms with Crippen LogP contribution in [-0.2, 0) is 9.53 Å². The first-order chi connectivity index (χ1) is 8.25. The maximum Gasteiger partial charge on any atom is 0.407 e. The van der Waals surface area contributed by atoms with Crippen molar-refractivity contribution < 1.29 is 19.4 Å². The Hall–Kier alpha value is -1.52. The van der Waals surface area contributed by atoms with Crippen molar-refractivity contribution in [2.75, 3.05) is 13.7 Å². The fourth-order valence-electron chi connectivity index (χ4n) is 2.24. The third-order valence-electron chi connectivity index (χ3n) is 3.27. The van der Waals surface area contributed by atoms with E-state index in [4.69, 9.17) is 0 Å². The van der Waals surface area contributed by atoms with Gasteiger partial charge in [-0.2, -0.15) is 0 Å². The summed E-state index contributed by atoms with van der Waals surface area (Å²) in [4.78, 5) is 23.9. The maximum atomic E-state index is 11.2. The number of methoxy groups -OCH3 is 1. The van der Waals surface area contributed by atoms with Gasteiger partial charge in [-0.25, -0.2) is 9.59 Å². The molecule has 5 heteroatoms. The molecule has 0 spiro atoms. The molecule has 1 unspecified atom stereocenters. The van der Waals surface area contributed by atoms with Crippen LogP contribution in [0.4, 0.5) is 4.79 Å². The van der Waals surface area contributed by atoms with E-state index in [0.717, 1.165) is 5.57 Å². The van der Waals surface area contributed by atoms with Gasteiger partial charge in [0.2, 0.25) is 0 Å². The number of amides is 1. The number of hydrogen-bond acceptors (Lipinski definition) is 3. The Morgan fingerprint density at radius 3 is 2.50 bits per heavy atom. The van der Waals surface area contributed by atoms with Crippen LogP contribution in [0.1, 0.15) is 33.6 Å². The number of esters is 1. The molecule has 0 aromatic rings. The Bertz CT molecular complexity index is 368. The Labute approximate surface area is 107 Å². The molecule has 1 rings (SSSR count). The lowest BCUT2D eigenvalue weighted by atomic mass is 9.79. The molecule has 5 nitrogen and oxygen atoms in total. The van der Waals surface area contributed by atoms with Gasteiger partial charge in [0, 0.05) is 18.7 Å². The molecule has 1 fully saturated rings. The van der Waals surface area contributed by atoms with Gasteiger partial charge in [-0.15, -0.1) is 0 Å². The van der Waals surface area contributed by atoms with Gasteiger partial charge in [0.15, 0.2) is 0 Å². The van der Waals surface area contributed by atoms with Gasteiger partial charge < -0.3 is 14.7 Å². The van der Waals surface area contributed by atoms with E-state index in [1.807, 2.05) is 20.8 Å². The summed E-state index contributed by atoms with van der Waals surface area (Å²) in [5.41, 5.74) is 0.799. The SMILES string of the molecule is COC(=O)C=C1CCN(C(=O)O)C(C(C)(C)C)C1. The monoisotopic (exact) mass is 255 g/mol. The summed E-state index contributed by atoms with van der Waals surface area (Å²) in [6, 6.07) is -0.111. The molecular formula is C13H21NO4. The minimum absolute atomic E-state index is 0.111. The van der Waals surface area contributed by atoms with Crippen LogP contribution in [0.15, 0.2) is 11.6 Å². The number of hydrogen-bond donors (Lipinski definition) is 1. The first-order valence-electron chi connectivity index (χ1n) is 6.02. The molecule has 0 aromatic heterocycles. The normalized spacial score (nSPS) is 23.0. The predicted octanol–water partition coefficient (Wildman–Crippen LogP) is 2.27. The van der Waals surface area contributed by atoms with Crippen molar-refractivity contribution in [3.05, 3.63) is 11.6 Å². The smallest absolute Gasteiger partial charge is 0.407 e. The number of carboxylic acid groups (broad SMARTS) is 1. The molecule has 1 N–H and O–H groups in total. The summed E-state index contributed by atoms with van der Waals surface area (Å²) >= 11 is 0. The second-order valence-corrected chi connectivity index (χ2v) is 5.64. The third kappa shape index (κ3) is 3.48. The second kappa shape index (κ2) is 5.42. The van der Waals surface area contributed by atoms with E-state index in [-0.39, 0.29) is 17.4 Å². The Morgan fingerprint density at radius 2 is 2.06 bits per heavy atom. The third-order valence-corrected chi connectivity index (χ3v) is 3.27. The average molecular weight is 255 g/mol. The number of ether oxygens (including phenoxy) is 1. The molecule has 0 radical (unpaired) electrons. The molecule has 1 atom stereocenters. The van der Waals surface area contributed by atoms with Crippen molar-refractivity contribution in [2.45, 2.75) is 39.7 Å². The summed E-state index contributed by atoms with van der Waals surface area (Å²) in [5.74, 6) is -0.374. The van der Waals surface area contributed by atoms with Gasteiger partial charge in [0.05, 0.1) is 7.11 Å². The van der Waals surface area contributed by atoms with Crippen LogP contribution >= 0.6 is 0 Å². The van der Waals surface area contributed by atoms with Crippen LogP contribution in [0, 0.1) is 5.41 Å². The van der Waals surface area contributed by atoms with Crippen LogP contribution < -0.4 is 0 Å². The van der Waals surface area contributed by atoms with Crippen LogP contribution in [0.5, 0.6) is 0 Å². The molecule has 1 aliphatic rings. The molecule has 1 amide bonds. The Balaban J connectivity index is 2.90. The van der Waals surface area contributed by atoms with Crippen LogP contribution in [0.2, 0.25) is 0 Å². The van der Waals surface area contributed by atoms with Gasteiger partial charge >= 0.3 is 12.1 Å². The number of rotatable bonds is 1. The number of likely N-dealkylation sites (tertiary alicyclic amines) is 1. The fourth-order valence-corrected chi connectivity index (χ4v) is 2.24. The first-order valence-corrected chi connectivity index (χ1v) is 6.02. The Morgan fingerprint density at radius 1 is 1.44 bits per heavy atom. The molecule has 18 heavy (non-hydrogen) atoms. The van der Waals surface area contributed by atoms with E-state index in [1.165, 1.54) is 18.1 Å². The standard InChI is InChI=1S/C13H21NO4/c1-13(2,3)10-7-9(8-11(15)18-4)5-6-14(10)12(16)17/h8,10H,5-7H2,1-4H3,(H,16,17). The van der Waals surface area contributed by atoms with E-state index < -0.39 is 6.09 Å². The summed E-state index contributed by atoms with van der Waals surface area (Å²) in [6.45, 7) is 6.46. The summed E-state index contributed by atoms with van der Waals surface area (Å²) in [7, 11) is 1.34. The van der Waals surface area contributed by atoms with Gasteiger partial charge in [-0.1, -0.05) is 26.3 Å². The van der Waals surface area contributed by atoms with Crippen molar-refractivity contribution >= 4 is 12.1 Å². The second-order valence-electron chi connectivity index (χ2n) is 5.64. The molecule has 0 saturated carbocycles. The lowest BCUT2D eigenvalue weighted by molar-refractivity contribution is -0.134. The van der Waals surface area contributed by atoms with Gasteiger partial charge in [-0.3, -0.25) is 0 Å². The predicted molar refractivity (Wildman–Crippen MR) is 67.3 cm³/mol. The first kappa shape index (κ1) is 14.5. The molecule has 0 bridgehead atoms. The molecule has 1 heterocycles. The minimum Gasteiger partial charge on any atom is -0.466 e. The lowest BCUT2D eigenvalue weighted by Crippen LogP contribution is -2.50. The van der Waals surface area contributed by atoms with Crippen molar-refractivity contribution in [3.63, 3.8) is 0 Å². The molecule has 1 aliphatic heterocycles. The molecule has 102 valence electrons. The number of carbonyl (C=O) groups excluding carboxylic acids is 1. The highest BCUT2D eigenvalue weighted by Crippen LogP contribution is 2.34. The van der Waals surface area contributed by atoms with Gasteiger partial charge in [-0.05, 0) is 18.3 Å². The summed E-state index contributed by atoms with van der Waals surface area (Å²) < 4.78 is 4.60. The fraction of sp³-hybridized carbons (Fsp3) is 0.692. The minimum atomic E-state index is -0.896. The largest absolute Gasteiger partial charge is 0.466 e. The highest BCUT2D eigenvalue weighted by molar-refractivity contribution is 5.82. The topological polar surface area (TPSA) is 66.8 Å². The number of nitrogens with zero attached hydrogens (tertiary/aromatic N) is 1. The maximum absolute atomic E-state index is 11.2. The molecular weight excluding hydrogens is 234 g/mol. The van der Waals surface area contributed by atoms with Crippen molar-refractivity contribution in [3.8, 4) is 0 Å². The van der Waals surface area contributed by atoms with E-state index >= 15 is 0 Å². The Kier molecular flexibility index (Phi) is 4.38. The van der Waals surface area contributed by atoms with E-state index in [0.29, 0.717) is 19.4 Å². The van der Waals surface area contributed by atoms with Gasteiger partial charge in [0.25, 0.3) is 0 Å². The van der Waals surface area contributed by atoms with Crippen LogP contribution in [0.3, 0.4) is 0 Å². The van der Waals surface area contributed by atoms with Crippen LogP contribution in [-0.4, -0.2) is 41.8 Å². The highest BCUT2D eigenvalue weighted by Gasteiger charge is 2.36. The zero-order valence-electron chi connectivity index (χ0n) is 11.4. The molecule has 0 aliphatic carbocycles. The van der Waals surface area contributed by atoms with E-state index in [9.17, 15) is 14.7 Å². The lowest BCUT2D eigenvalue weighted by Gasteiger charge is -2.42. The number of piperidine rings is 1. The highest BCUT2D eigenvalue weighted by atomic mass is 16.5. The van der Waals surface area contributed by atoms with E-state index in [1.54, 1.807) is 0 Å². The van der Waals surface area contributed by atoms with Crippen molar-refractivity contribution in [2.24, 2.45) is 5.41 Å². The molecule has 0 aromatic carbocycles. The quantitative estimate of drug-likeness (QED) is 0.576. The van der Waals surface area contributed by atoms with Gasteiger partial charge in [0.1, 0.15) is 0 Å². The van der Waals surface area contributed by atoms with Crippen molar-refractivity contribution in [1.29, 1.82) is 0 Å². The zero-order chi connectivity index (χ0) is 13.9. The number of carbonyl (C=O) groups is 2. The summed E-state index contributed by atoms with van der Waals surface area (Å²) in [5, 5.41) is 9.20. The molecule has 1 saturated heterocycles. The summed E-state index contributed by atoms with van der Waals surface area (Å²) in [6.07, 6.45) is 1.77. The van der Waals surface area contributed by atoms with Crippen molar-refractivity contribution in [1.82, 2.24) is 4.90 Å². The van der Waals surface area contributed by atoms with E-state index in [2.05, 4.69) is 4.74 Å².